The Labute approximate surface area is 121 Å². The van der Waals surface area contributed by atoms with Crippen LogP contribution in [0.15, 0.2) is 9.72 Å². The lowest BCUT2D eigenvalue weighted by atomic mass is 10.0. The number of sulfonamides is 1. The van der Waals surface area contributed by atoms with Crippen LogP contribution in [0.2, 0.25) is 0 Å². The molecule has 0 bridgehead atoms. The first-order valence-corrected chi connectivity index (χ1v) is 8.45. The predicted octanol–water partition coefficient (Wildman–Crippen LogP) is 0.323. The second kappa shape index (κ2) is 6.17. The molecule has 1 aromatic heterocycles. The van der Waals surface area contributed by atoms with Crippen molar-refractivity contribution in [2.75, 3.05) is 26.8 Å². The van der Waals surface area contributed by atoms with Gasteiger partial charge in [-0.1, -0.05) is 0 Å². The zero-order chi connectivity index (χ0) is 14.8. The lowest BCUT2D eigenvalue weighted by molar-refractivity contribution is 0.0590. The van der Waals surface area contributed by atoms with Crippen LogP contribution >= 0.6 is 11.3 Å². The van der Waals surface area contributed by atoms with E-state index in [-0.39, 0.29) is 29.0 Å². The van der Waals surface area contributed by atoms with Crippen LogP contribution in [-0.4, -0.2) is 55.6 Å². The maximum atomic E-state index is 12.6. The van der Waals surface area contributed by atoms with Gasteiger partial charge in [-0.25, -0.2) is 18.2 Å². The van der Waals surface area contributed by atoms with Gasteiger partial charge in [0.25, 0.3) is 10.0 Å². The molecule has 0 saturated carbocycles. The molecule has 0 aliphatic carbocycles. The third kappa shape index (κ3) is 2.85. The van der Waals surface area contributed by atoms with E-state index in [2.05, 4.69) is 9.72 Å². The van der Waals surface area contributed by atoms with Crippen molar-refractivity contribution in [1.29, 1.82) is 0 Å². The molecular formula is C11H16N2O5S2. The molecule has 0 amide bonds. The predicted molar refractivity (Wildman–Crippen MR) is 72.0 cm³/mol. The molecule has 1 fully saturated rings. The highest BCUT2D eigenvalue weighted by molar-refractivity contribution is 7.91. The van der Waals surface area contributed by atoms with Gasteiger partial charge in [0.1, 0.15) is 0 Å². The van der Waals surface area contributed by atoms with Gasteiger partial charge in [0.05, 0.1) is 12.6 Å². The van der Waals surface area contributed by atoms with E-state index in [4.69, 9.17) is 0 Å². The van der Waals surface area contributed by atoms with Gasteiger partial charge in [-0.2, -0.15) is 4.31 Å². The largest absolute Gasteiger partial charge is 0.464 e. The zero-order valence-electron chi connectivity index (χ0n) is 11.0. The number of ether oxygens (including phenoxy) is 1. The second-order valence-corrected chi connectivity index (χ2v) is 7.52. The second-order valence-electron chi connectivity index (χ2n) is 4.53. The van der Waals surface area contributed by atoms with Crippen molar-refractivity contribution in [2.45, 2.75) is 17.1 Å². The van der Waals surface area contributed by atoms with Crippen LogP contribution < -0.4 is 0 Å². The molecule has 1 aliphatic heterocycles. The van der Waals surface area contributed by atoms with Gasteiger partial charge in [-0.15, -0.1) is 11.3 Å². The number of thiazole rings is 1. The van der Waals surface area contributed by atoms with Crippen LogP contribution in [0.5, 0.6) is 0 Å². The van der Waals surface area contributed by atoms with E-state index in [1.54, 1.807) is 0 Å². The molecule has 0 radical (unpaired) electrons. The lowest BCUT2D eigenvalue weighted by Crippen LogP contribution is -2.41. The maximum Gasteiger partial charge on any atom is 0.358 e. The van der Waals surface area contributed by atoms with Crippen LogP contribution in [0.1, 0.15) is 23.3 Å². The van der Waals surface area contributed by atoms with Crippen molar-refractivity contribution in [2.24, 2.45) is 5.92 Å². The summed E-state index contributed by atoms with van der Waals surface area (Å²) in [6.45, 7) is 0.604. The van der Waals surface area contributed by atoms with Gasteiger partial charge in [0, 0.05) is 19.7 Å². The average Bonchev–Trinajstić information content (AvgIpc) is 2.96. The summed E-state index contributed by atoms with van der Waals surface area (Å²) in [5.74, 6) is -0.825. The average molecular weight is 320 g/mol. The Hall–Kier alpha value is -1.03. The van der Waals surface area contributed by atoms with Crippen LogP contribution in [0.3, 0.4) is 0 Å². The highest BCUT2D eigenvalue weighted by Gasteiger charge is 2.34. The summed E-state index contributed by atoms with van der Waals surface area (Å²) in [6, 6.07) is 0. The molecule has 20 heavy (non-hydrogen) atoms. The number of methoxy groups -OCH3 is 1. The van der Waals surface area contributed by atoms with Gasteiger partial charge in [0.15, 0.2) is 9.90 Å². The Morgan fingerprint density at radius 2 is 2.40 bits per heavy atom. The Balaban J connectivity index is 2.31. The molecular weight excluding hydrogens is 304 g/mol. The van der Waals surface area contributed by atoms with E-state index in [0.717, 1.165) is 17.8 Å². The maximum absolute atomic E-state index is 12.6. The minimum atomic E-state index is -3.77. The van der Waals surface area contributed by atoms with Gasteiger partial charge in [0.2, 0.25) is 0 Å². The van der Waals surface area contributed by atoms with Crippen LogP contribution in [0.25, 0.3) is 0 Å². The number of carbonyl (C=O) groups excluding carboxylic acids is 1. The summed E-state index contributed by atoms with van der Waals surface area (Å²) in [6.07, 6.45) is 1.49. The van der Waals surface area contributed by atoms with E-state index in [9.17, 15) is 18.3 Å². The number of hydrogen-bond acceptors (Lipinski definition) is 7. The number of aliphatic hydroxyl groups is 1. The first-order chi connectivity index (χ1) is 9.50. The molecule has 0 spiro atoms. The lowest BCUT2D eigenvalue weighted by Gasteiger charge is -2.30. The van der Waals surface area contributed by atoms with Crippen molar-refractivity contribution in [3.8, 4) is 0 Å². The minimum Gasteiger partial charge on any atom is -0.464 e. The van der Waals surface area contributed by atoms with E-state index >= 15 is 0 Å². The van der Waals surface area contributed by atoms with Crippen molar-refractivity contribution in [3.63, 3.8) is 0 Å². The Bertz CT molecular complexity index is 583. The SMILES string of the molecule is COC(=O)c1ncsc1S(=O)(=O)N1CCCC(CO)C1. The highest BCUT2D eigenvalue weighted by atomic mass is 32.2. The highest BCUT2D eigenvalue weighted by Crippen LogP contribution is 2.28. The summed E-state index contributed by atoms with van der Waals surface area (Å²) >= 11 is 0.899. The molecule has 1 atom stereocenters. The van der Waals surface area contributed by atoms with Gasteiger partial charge in [-0.3, -0.25) is 0 Å². The number of esters is 1. The summed E-state index contributed by atoms with van der Waals surface area (Å²) in [5.41, 5.74) is 1.13. The quantitative estimate of drug-likeness (QED) is 0.803. The standard InChI is InChI=1S/C11H16N2O5S2/c1-18-10(15)9-11(19-7-12-9)20(16,17)13-4-2-3-8(5-13)6-14/h7-8,14H,2-6H2,1H3. The molecule has 1 aliphatic rings. The topological polar surface area (TPSA) is 96.8 Å². The van der Waals surface area contributed by atoms with Crippen LogP contribution in [-0.2, 0) is 14.8 Å². The third-order valence-electron chi connectivity index (χ3n) is 3.23. The summed E-state index contributed by atoms with van der Waals surface area (Å²) in [4.78, 5) is 15.3. The smallest absolute Gasteiger partial charge is 0.358 e. The molecule has 9 heteroatoms. The Morgan fingerprint density at radius 3 is 3.05 bits per heavy atom. The van der Waals surface area contributed by atoms with Gasteiger partial charge in [-0.05, 0) is 18.8 Å². The fourth-order valence-electron chi connectivity index (χ4n) is 2.16. The number of hydrogen-bond donors (Lipinski definition) is 1. The van der Waals surface area contributed by atoms with Crippen molar-refractivity contribution >= 4 is 27.3 Å². The van der Waals surface area contributed by atoms with Crippen LogP contribution in [0, 0.1) is 5.92 Å². The summed E-state index contributed by atoms with van der Waals surface area (Å²) in [5, 5.41) is 9.18. The number of nitrogens with zero attached hydrogens (tertiary/aromatic N) is 2. The Morgan fingerprint density at radius 1 is 1.65 bits per heavy atom. The number of carbonyl (C=O) groups is 1. The first-order valence-electron chi connectivity index (χ1n) is 6.13. The van der Waals surface area contributed by atoms with Crippen LogP contribution in [0.4, 0.5) is 0 Å². The normalized spacial score (nSPS) is 20.8. The molecule has 1 aromatic rings. The zero-order valence-corrected chi connectivity index (χ0v) is 12.6. The van der Waals surface area contributed by atoms with Gasteiger partial charge >= 0.3 is 5.97 Å². The van der Waals surface area contributed by atoms with Crippen molar-refractivity contribution in [1.82, 2.24) is 9.29 Å². The summed E-state index contributed by atoms with van der Waals surface area (Å²) in [7, 11) is -2.59. The first kappa shape index (κ1) is 15.4. The van der Waals surface area contributed by atoms with Gasteiger partial charge < -0.3 is 9.84 Å². The number of aliphatic hydroxyl groups excluding tert-OH is 1. The van der Waals surface area contributed by atoms with E-state index < -0.39 is 16.0 Å². The molecule has 1 saturated heterocycles. The molecule has 112 valence electrons. The van der Waals surface area contributed by atoms with Crippen molar-refractivity contribution < 1.29 is 23.1 Å². The molecule has 1 N–H and O–H groups in total. The minimum absolute atomic E-state index is 0.0431. The number of piperidine rings is 1. The van der Waals surface area contributed by atoms with E-state index in [1.165, 1.54) is 16.9 Å². The number of rotatable bonds is 4. The Kier molecular flexibility index (Phi) is 4.74. The molecule has 1 unspecified atom stereocenters. The molecule has 2 heterocycles. The number of aromatic nitrogens is 1. The molecule has 0 aromatic carbocycles. The molecule has 2 rings (SSSR count). The van der Waals surface area contributed by atoms with E-state index in [1.807, 2.05) is 0 Å². The fourth-order valence-corrected chi connectivity index (χ4v) is 4.99. The monoisotopic (exact) mass is 320 g/mol. The fraction of sp³-hybridized carbons (Fsp3) is 0.636. The summed E-state index contributed by atoms with van der Waals surface area (Å²) < 4.78 is 30.9. The third-order valence-corrected chi connectivity index (χ3v) is 6.44. The van der Waals surface area contributed by atoms with Crippen molar-refractivity contribution in [3.05, 3.63) is 11.2 Å². The molecule has 7 nitrogen and oxygen atoms in total. The van der Waals surface area contributed by atoms with E-state index in [0.29, 0.717) is 13.0 Å².